The number of halogens is 1. The van der Waals surface area contributed by atoms with E-state index in [9.17, 15) is 0 Å². The highest BCUT2D eigenvalue weighted by Gasteiger charge is 2.05. The van der Waals surface area contributed by atoms with E-state index in [4.69, 9.17) is 21.6 Å². The van der Waals surface area contributed by atoms with Crippen molar-refractivity contribution in [3.05, 3.63) is 34.3 Å². The highest BCUT2D eigenvalue weighted by Crippen LogP contribution is 2.30. The van der Waals surface area contributed by atoms with Crippen LogP contribution in [0.3, 0.4) is 0 Å². The quantitative estimate of drug-likeness (QED) is 0.924. The smallest absolute Gasteiger partial charge is 0.188 e. The molecule has 17 heavy (non-hydrogen) atoms. The fourth-order valence-electron chi connectivity index (χ4n) is 1.22. The number of nitrogens with zero attached hydrogens (tertiary/aromatic N) is 2. The minimum absolute atomic E-state index is 0.540. The molecule has 0 aliphatic rings. The zero-order valence-electron chi connectivity index (χ0n) is 8.90. The Balaban J connectivity index is 2.21. The van der Waals surface area contributed by atoms with Gasteiger partial charge in [0.1, 0.15) is 16.7 Å². The Morgan fingerprint density at radius 3 is 2.94 bits per heavy atom. The molecule has 1 N–H and O–H groups in total. The van der Waals surface area contributed by atoms with Crippen LogP contribution in [0.2, 0.25) is 5.02 Å². The molecule has 2 aromatic rings. The lowest BCUT2D eigenvalue weighted by Gasteiger charge is -2.06. The predicted molar refractivity (Wildman–Crippen MR) is 68.1 cm³/mol. The van der Waals surface area contributed by atoms with E-state index >= 15 is 0 Å². The SMILES string of the molecule is COc1ccc(Nc2ncc(C#N)s2)c(Cl)c1. The van der Waals surface area contributed by atoms with Gasteiger partial charge in [-0.25, -0.2) is 4.98 Å². The van der Waals surface area contributed by atoms with Gasteiger partial charge in [-0.2, -0.15) is 5.26 Å². The molecule has 86 valence electrons. The largest absolute Gasteiger partial charge is 0.497 e. The molecular formula is C11H8ClN3OS. The first-order valence-electron chi connectivity index (χ1n) is 4.69. The molecule has 0 aliphatic heterocycles. The van der Waals surface area contributed by atoms with Crippen LogP contribution in [0, 0.1) is 11.3 Å². The lowest BCUT2D eigenvalue weighted by atomic mass is 10.3. The summed E-state index contributed by atoms with van der Waals surface area (Å²) in [6.07, 6.45) is 1.52. The maximum Gasteiger partial charge on any atom is 0.188 e. The van der Waals surface area contributed by atoms with E-state index in [0.717, 1.165) is 5.69 Å². The zero-order valence-corrected chi connectivity index (χ0v) is 10.5. The number of hydrogen-bond acceptors (Lipinski definition) is 5. The summed E-state index contributed by atoms with van der Waals surface area (Å²) in [7, 11) is 1.58. The third-order valence-electron chi connectivity index (χ3n) is 2.03. The molecular weight excluding hydrogens is 258 g/mol. The van der Waals surface area contributed by atoms with Crippen molar-refractivity contribution in [2.75, 3.05) is 12.4 Å². The maximum atomic E-state index is 8.69. The van der Waals surface area contributed by atoms with Crippen LogP contribution in [-0.4, -0.2) is 12.1 Å². The van der Waals surface area contributed by atoms with E-state index in [1.807, 2.05) is 6.07 Å². The summed E-state index contributed by atoms with van der Waals surface area (Å²) in [5.41, 5.74) is 0.728. The number of rotatable bonds is 3. The van der Waals surface area contributed by atoms with Gasteiger partial charge in [0.15, 0.2) is 5.13 Å². The van der Waals surface area contributed by atoms with Gasteiger partial charge in [0.25, 0.3) is 0 Å². The van der Waals surface area contributed by atoms with Crippen LogP contribution < -0.4 is 10.1 Å². The fourth-order valence-corrected chi connectivity index (χ4v) is 2.07. The van der Waals surface area contributed by atoms with Crippen molar-refractivity contribution < 1.29 is 4.74 Å². The molecule has 4 nitrogen and oxygen atoms in total. The number of nitriles is 1. The standard InChI is InChI=1S/C11H8ClN3OS/c1-16-7-2-3-10(9(12)4-7)15-11-14-6-8(5-13)17-11/h2-4,6H,1H3,(H,14,15). The van der Waals surface area contributed by atoms with Crippen molar-refractivity contribution in [1.29, 1.82) is 5.26 Å². The van der Waals surface area contributed by atoms with Gasteiger partial charge in [-0.1, -0.05) is 22.9 Å². The monoisotopic (exact) mass is 265 g/mol. The van der Waals surface area contributed by atoms with Crippen molar-refractivity contribution in [1.82, 2.24) is 4.98 Å². The average molecular weight is 266 g/mol. The van der Waals surface area contributed by atoms with Crippen molar-refractivity contribution >= 4 is 33.8 Å². The fraction of sp³-hybridized carbons (Fsp3) is 0.0909. The highest BCUT2D eigenvalue weighted by atomic mass is 35.5. The molecule has 0 unspecified atom stereocenters. The van der Waals surface area contributed by atoms with Gasteiger partial charge in [0.2, 0.25) is 0 Å². The number of aromatic nitrogens is 1. The molecule has 0 aliphatic carbocycles. The number of nitrogens with one attached hydrogen (secondary N) is 1. The zero-order chi connectivity index (χ0) is 12.3. The second kappa shape index (κ2) is 5.04. The molecule has 0 saturated carbocycles. The number of ether oxygens (including phenoxy) is 1. The summed E-state index contributed by atoms with van der Waals surface area (Å²) in [6.45, 7) is 0. The normalized spacial score (nSPS) is 9.71. The van der Waals surface area contributed by atoms with Crippen LogP contribution in [0.4, 0.5) is 10.8 Å². The van der Waals surface area contributed by atoms with Crippen LogP contribution in [-0.2, 0) is 0 Å². The van der Waals surface area contributed by atoms with E-state index in [1.165, 1.54) is 17.5 Å². The molecule has 0 fully saturated rings. The molecule has 0 bridgehead atoms. The minimum atomic E-state index is 0.540. The van der Waals surface area contributed by atoms with E-state index < -0.39 is 0 Å². The van der Waals surface area contributed by atoms with Crippen molar-refractivity contribution in [2.24, 2.45) is 0 Å². The van der Waals surface area contributed by atoms with Gasteiger partial charge in [0.05, 0.1) is 24.0 Å². The van der Waals surface area contributed by atoms with Gasteiger partial charge in [-0.05, 0) is 12.1 Å². The molecule has 1 heterocycles. The third kappa shape index (κ3) is 2.67. The first-order valence-corrected chi connectivity index (χ1v) is 5.89. The maximum absolute atomic E-state index is 8.69. The molecule has 0 saturated heterocycles. The van der Waals surface area contributed by atoms with Gasteiger partial charge >= 0.3 is 0 Å². The van der Waals surface area contributed by atoms with Crippen LogP contribution in [0.15, 0.2) is 24.4 Å². The van der Waals surface area contributed by atoms with Gasteiger partial charge in [-0.3, -0.25) is 0 Å². The summed E-state index contributed by atoms with van der Waals surface area (Å²) in [5, 5.41) is 12.9. The lowest BCUT2D eigenvalue weighted by molar-refractivity contribution is 0.415. The number of thiazole rings is 1. The summed E-state index contributed by atoms with van der Waals surface area (Å²) < 4.78 is 5.05. The van der Waals surface area contributed by atoms with Crippen LogP contribution >= 0.6 is 22.9 Å². The van der Waals surface area contributed by atoms with Gasteiger partial charge < -0.3 is 10.1 Å². The Hall–Kier alpha value is -1.77. The average Bonchev–Trinajstić information content (AvgIpc) is 2.79. The Labute approximate surface area is 107 Å². The molecule has 0 amide bonds. The van der Waals surface area contributed by atoms with Crippen LogP contribution in [0.1, 0.15) is 4.88 Å². The Kier molecular flexibility index (Phi) is 3.47. The number of methoxy groups -OCH3 is 1. The summed E-state index contributed by atoms with van der Waals surface area (Å²) in [5.74, 6) is 0.692. The lowest BCUT2D eigenvalue weighted by Crippen LogP contribution is -1.91. The Morgan fingerprint density at radius 2 is 2.35 bits per heavy atom. The first kappa shape index (κ1) is 11.7. The molecule has 0 atom stereocenters. The number of anilines is 2. The molecule has 1 aromatic heterocycles. The van der Waals surface area contributed by atoms with E-state index in [1.54, 1.807) is 25.3 Å². The summed E-state index contributed by atoms with van der Waals surface area (Å²) in [4.78, 5) is 4.61. The van der Waals surface area contributed by atoms with Crippen molar-refractivity contribution in [3.63, 3.8) is 0 Å². The summed E-state index contributed by atoms with van der Waals surface area (Å²) in [6, 6.07) is 7.34. The predicted octanol–water partition coefficient (Wildman–Crippen LogP) is 3.42. The molecule has 0 spiro atoms. The molecule has 1 aromatic carbocycles. The minimum Gasteiger partial charge on any atom is -0.497 e. The molecule has 0 radical (unpaired) electrons. The van der Waals surface area contributed by atoms with Gasteiger partial charge in [0, 0.05) is 6.07 Å². The van der Waals surface area contributed by atoms with Crippen LogP contribution in [0.5, 0.6) is 5.75 Å². The second-order valence-electron chi connectivity index (χ2n) is 3.11. The number of benzene rings is 1. The Morgan fingerprint density at radius 1 is 1.53 bits per heavy atom. The summed E-state index contributed by atoms with van der Waals surface area (Å²) >= 11 is 7.34. The van der Waals surface area contributed by atoms with Gasteiger partial charge in [-0.15, -0.1) is 0 Å². The van der Waals surface area contributed by atoms with Crippen molar-refractivity contribution in [3.8, 4) is 11.8 Å². The second-order valence-corrected chi connectivity index (χ2v) is 4.55. The topological polar surface area (TPSA) is 57.9 Å². The molecule has 6 heteroatoms. The molecule has 2 rings (SSSR count). The van der Waals surface area contributed by atoms with E-state index in [0.29, 0.717) is 20.8 Å². The van der Waals surface area contributed by atoms with E-state index in [2.05, 4.69) is 10.3 Å². The number of hydrogen-bond donors (Lipinski definition) is 1. The van der Waals surface area contributed by atoms with E-state index in [-0.39, 0.29) is 0 Å². The highest BCUT2D eigenvalue weighted by molar-refractivity contribution is 7.16. The Bertz CT molecular complexity index is 576. The third-order valence-corrected chi connectivity index (χ3v) is 3.16. The first-order chi connectivity index (χ1) is 8.22. The van der Waals surface area contributed by atoms with Crippen molar-refractivity contribution in [2.45, 2.75) is 0 Å². The van der Waals surface area contributed by atoms with Crippen LogP contribution in [0.25, 0.3) is 0 Å².